The summed E-state index contributed by atoms with van der Waals surface area (Å²) in [5.41, 5.74) is 0.580. The first-order valence-corrected chi connectivity index (χ1v) is 9.46. The van der Waals surface area contributed by atoms with Gasteiger partial charge in [-0.05, 0) is 49.5 Å². The number of hydrogen-bond donors (Lipinski definition) is 1. The Morgan fingerprint density at radius 3 is 2.68 bits per heavy atom. The van der Waals surface area contributed by atoms with Gasteiger partial charge in [0.15, 0.2) is 11.5 Å². The molecule has 0 spiro atoms. The maximum absolute atomic E-state index is 12.5. The summed E-state index contributed by atoms with van der Waals surface area (Å²) in [6, 6.07) is 6.80. The largest absolute Gasteiger partial charge is 0.546 e. The van der Waals surface area contributed by atoms with E-state index in [0.717, 1.165) is 19.3 Å². The molecule has 0 radical (unpaired) electrons. The zero-order valence-corrected chi connectivity index (χ0v) is 16.2. The van der Waals surface area contributed by atoms with Crippen molar-refractivity contribution in [2.75, 3.05) is 13.2 Å². The van der Waals surface area contributed by atoms with Crippen molar-refractivity contribution in [3.63, 3.8) is 0 Å². The minimum atomic E-state index is -1.34. The Kier molecular flexibility index (Phi) is 7.88. The lowest BCUT2D eigenvalue weighted by molar-refractivity contribution is -0.307. The van der Waals surface area contributed by atoms with E-state index in [1.54, 1.807) is 19.1 Å². The highest BCUT2D eigenvalue weighted by atomic mass is 16.5. The van der Waals surface area contributed by atoms with Crippen LogP contribution < -0.4 is 19.9 Å². The molecular formula is C21H25N2O5-. The second kappa shape index (κ2) is 10.4. The molecule has 1 aliphatic carbocycles. The van der Waals surface area contributed by atoms with Crippen molar-refractivity contribution in [1.29, 1.82) is 5.26 Å². The predicted octanol–water partition coefficient (Wildman–Crippen LogP) is 1.82. The Morgan fingerprint density at radius 2 is 2.04 bits per heavy atom. The van der Waals surface area contributed by atoms with Crippen LogP contribution in [0.25, 0.3) is 6.08 Å². The Hall–Kier alpha value is -3.01. The van der Waals surface area contributed by atoms with Crippen LogP contribution in [-0.2, 0) is 9.59 Å². The lowest BCUT2D eigenvalue weighted by Crippen LogP contribution is -2.41. The zero-order valence-electron chi connectivity index (χ0n) is 16.2. The fraction of sp³-hybridized carbons (Fsp3) is 0.476. The summed E-state index contributed by atoms with van der Waals surface area (Å²) in [6.45, 7) is 3.64. The molecule has 150 valence electrons. The normalized spacial score (nSPS) is 19.4. The molecule has 1 amide bonds. The molecule has 2 rings (SSSR count). The molecule has 0 bridgehead atoms. The summed E-state index contributed by atoms with van der Waals surface area (Å²) in [5, 5.41) is 23.0. The van der Waals surface area contributed by atoms with Crippen LogP contribution in [0.1, 0.15) is 45.1 Å². The summed E-state index contributed by atoms with van der Waals surface area (Å²) < 4.78 is 10.6. The highest BCUT2D eigenvalue weighted by Gasteiger charge is 2.24. The third-order valence-electron chi connectivity index (χ3n) is 4.72. The van der Waals surface area contributed by atoms with Crippen molar-refractivity contribution in [1.82, 2.24) is 5.32 Å². The van der Waals surface area contributed by atoms with Crippen LogP contribution in [0.2, 0.25) is 0 Å². The van der Waals surface area contributed by atoms with Crippen molar-refractivity contribution in [3.05, 3.63) is 29.3 Å². The van der Waals surface area contributed by atoms with Gasteiger partial charge in [0.2, 0.25) is 0 Å². The van der Waals surface area contributed by atoms with Gasteiger partial charge < -0.3 is 24.7 Å². The van der Waals surface area contributed by atoms with E-state index in [0.29, 0.717) is 23.8 Å². The quantitative estimate of drug-likeness (QED) is 0.540. The second-order valence-corrected chi connectivity index (χ2v) is 6.81. The molecule has 0 unspecified atom stereocenters. The van der Waals surface area contributed by atoms with Crippen molar-refractivity contribution in [2.24, 2.45) is 5.92 Å². The van der Waals surface area contributed by atoms with Gasteiger partial charge in [0.25, 0.3) is 5.91 Å². The number of carboxylic acid groups (broad SMARTS) is 1. The Bertz CT molecular complexity index is 781. The number of hydrogen-bond acceptors (Lipinski definition) is 6. The monoisotopic (exact) mass is 385 g/mol. The number of carbonyl (C=O) groups excluding carboxylic acids is 2. The van der Waals surface area contributed by atoms with E-state index in [9.17, 15) is 20.0 Å². The van der Waals surface area contributed by atoms with Crippen LogP contribution in [0.4, 0.5) is 0 Å². The van der Waals surface area contributed by atoms with Crippen LogP contribution >= 0.6 is 0 Å². The standard InChI is InChI=1S/C21H26N2O5/c1-3-27-19-11-15(8-9-18(19)28-13-20(24)25)10-16(12-22)21(26)23-17-7-5-4-6-14(17)2/h8-11,14,17H,3-7,13H2,1-2H3,(H,23,26)(H,24,25)/p-1/b16-10+/t14-,17+/m1/s1. The van der Waals surface area contributed by atoms with E-state index in [1.165, 1.54) is 18.6 Å². The molecule has 1 aromatic rings. The molecule has 2 atom stereocenters. The number of benzene rings is 1. The molecule has 1 saturated carbocycles. The smallest absolute Gasteiger partial charge is 0.262 e. The molecule has 7 heteroatoms. The van der Waals surface area contributed by atoms with Gasteiger partial charge in [-0.25, -0.2) is 0 Å². The Labute approximate surface area is 164 Å². The Balaban J connectivity index is 2.17. The first-order valence-electron chi connectivity index (χ1n) is 9.46. The molecule has 1 aliphatic rings. The maximum atomic E-state index is 12.5. The van der Waals surface area contributed by atoms with Crippen LogP contribution in [0.15, 0.2) is 23.8 Å². The fourth-order valence-electron chi connectivity index (χ4n) is 3.23. The number of carboxylic acids is 1. The Morgan fingerprint density at radius 1 is 1.29 bits per heavy atom. The molecule has 0 aromatic heterocycles. The molecule has 1 aromatic carbocycles. The number of aliphatic carboxylic acids is 1. The predicted molar refractivity (Wildman–Crippen MR) is 101 cm³/mol. The van der Waals surface area contributed by atoms with Gasteiger partial charge in [0, 0.05) is 6.04 Å². The van der Waals surface area contributed by atoms with E-state index in [-0.39, 0.29) is 17.4 Å². The summed E-state index contributed by atoms with van der Waals surface area (Å²) in [5.74, 6) is -0.760. The molecule has 0 saturated heterocycles. The van der Waals surface area contributed by atoms with Gasteiger partial charge in [-0.1, -0.05) is 25.8 Å². The third kappa shape index (κ3) is 6.02. The van der Waals surface area contributed by atoms with E-state index in [4.69, 9.17) is 9.47 Å². The van der Waals surface area contributed by atoms with Crippen LogP contribution in [0, 0.1) is 17.2 Å². The summed E-state index contributed by atoms with van der Waals surface area (Å²) in [4.78, 5) is 23.1. The highest BCUT2D eigenvalue weighted by Crippen LogP contribution is 2.29. The van der Waals surface area contributed by atoms with Crippen molar-refractivity contribution in [3.8, 4) is 17.6 Å². The number of nitrogens with zero attached hydrogens (tertiary/aromatic N) is 1. The lowest BCUT2D eigenvalue weighted by Gasteiger charge is -2.29. The molecule has 0 heterocycles. The molecule has 7 nitrogen and oxygen atoms in total. The van der Waals surface area contributed by atoms with Gasteiger partial charge in [-0.15, -0.1) is 0 Å². The minimum Gasteiger partial charge on any atom is -0.546 e. The third-order valence-corrected chi connectivity index (χ3v) is 4.72. The molecule has 28 heavy (non-hydrogen) atoms. The van der Waals surface area contributed by atoms with Crippen LogP contribution in [-0.4, -0.2) is 31.1 Å². The number of rotatable bonds is 8. The topological polar surface area (TPSA) is 111 Å². The maximum Gasteiger partial charge on any atom is 0.262 e. The van der Waals surface area contributed by atoms with E-state index < -0.39 is 18.5 Å². The number of amides is 1. The van der Waals surface area contributed by atoms with Crippen molar-refractivity contribution >= 4 is 18.0 Å². The van der Waals surface area contributed by atoms with Gasteiger partial charge in [0.05, 0.1) is 12.6 Å². The lowest BCUT2D eigenvalue weighted by atomic mass is 9.86. The van der Waals surface area contributed by atoms with Gasteiger partial charge >= 0.3 is 0 Å². The molecule has 1 fully saturated rings. The molecule has 1 N–H and O–H groups in total. The summed E-state index contributed by atoms with van der Waals surface area (Å²) >= 11 is 0. The van der Waals surface area contributed by atoms with E-state index in [1.807, 2.05) is 6.07 Å². The minimum absolute atomic E-state index is 0.00336. The molecule has 0 aliphatic heterocycles. The second-order valence-electron chi connectivity index (χ2n) is 6.81. The number of nitrogens with one attached hydrogen (secondary N) is 1. The summed E-state index contributed by atoms with van der Waals surface area (Å²) in [7, 11) is 0. The first kappa shape index (κ1) is 21.3. The zero-order chi connectivity index (χ0) is 20.5. The average molecular weight is 385 g/mol. The van der Waals surface area contributed by atoms with E-state index >= 15 is 0 Å². The number of nitriles is 1. The van der Waals surface area contributed by atoms with Gasteiger partial charge in [0.1, 0.15) is 18.2 Å². The van der Waals surface area contributed by atoms with Crippen LogP contribution in [0.5, 0.6) is 11.5 Å². The average Bonchev–Trinajstić information content (AvgIpc) is 2.67. The molecular weight excluding hydrogens is 360 g/mol. The van der Waals surface area contributed by atoms with Crippen molar-refractivity contribution < 1.29 is 24.2 Å². The highest BCUT2D eigenvalue weighted by molar-refractivity contribution is 6.01. The van der Waals surface area contributed by atoms with Gasteiger partial charge in [-0.3, -0.25) is 4.79 Å². The fourth-order valence-corrected chi connectivity index (χ4v) is 3.23. The summed E-state index contributed by atoms with van der Waals surface area (Å²) in [6.07, 6.45) is 5.72. The number of carbonyl (C=O) groups is 2. The van der Waals surface area contributed by atoms with Crippen molar-refractivity contribution in [2.45, 2.75) is 45.6 Å². The van der Waals surface area contributed by atoms with Crippen LogP contribution in [0.3, 0.4) is 0 Å². The van der Waals surface area contributed by atoms with Gasteiger partial charge in [-0.2, -0.15) is 5.26 Å². The van der Waals surface area contributed by atoms with E-state index in [2.05, 4.69) is 12.2 Å². The first-order chi connectivity index (χ1) is 13.4. The number of ether oxygens (including phenoxy) is 2. The SMILES string of the molecule is CCOc1cc(/C=C(\C#N)C(=O)N[C@H]2CCCC[C@H]2C)ccc1OCC(=O)[O-].